The number of carbonyl (C=O) groups is 1. The number of hydrogen-bond acceptors (Lipinski definition) is 3. The fourth-order valence-corrected chi connectivity index (χ4v) is 2.47. The first-order valence-electron chi connectivity index (χ1n) is 6.68. The third kappa shape index (κ3) is 3.13. The molecule has 0 radical (unpaired) electrons. The summed E-state index contributed by atoms with van der Waals surface area (Å²) in [6.07, 6.45) is 4.17. The van der Waals surface area contributed by atoms with Crippen LogP contribution in [0, 0.1) is 5.41 Å². The quantitative estimate of drug-likeness (QED) is 0.531. The smallest absolute Gasteiger partial charge is 0.320 e. The molecular formula is C12H22N4O2. The van der Waals surface area contributed by atoms with Crippen LogP contribution >= 0.6 is 0 Å². The molecule has 0 aliphatic carbocycles. The van der Waals surface area contributed by atoms with Gasteiger partial charge in [-0.1, -0.05) is 12.8 Å². The van der Waals surface area contributed by atoms with Gasteiger partial charge in [0, 0.05) is 19.6 Å². The number of amides is 2. The number of carbonyl (C=O) groups excluding carboxylic acids is 1. The molecule has 6 heteroatoms. The Hall–Kier alpha value is -1.30. The van der Waals surface area contributed by atoms with Crippen LogP contribution in [0.25, 0.3) is 0 Å². The van der Waals surface area contributed by atoms with Crippen molar-refractivity contribution in [1.82, 2.24) is 9.80 Å². The minimum atomic E-state index is -0.435. The van der Waals surface area contributed by atoms with Crippen molar-refractivity contribution < 1.29 is 9.53 Å². The topological polar surface area (TPSA) is 82.7 Å². The van der Waals surface area contributed by atoms with Crippen molar-refractivity contribution >= 4 is 11.9 Å². The van der Waals surface area contributed by atoms with E-state index in [9.17, 15) is 4.79 Å². The summed E-state index contributed by atoms with van der Waals surface area (Å²) in [5.41, 5.74) is 5.44. The fourth-order valence-electron chi connectivity index (χ4n) is 2.47. The number of nitrogens with one attached hydrogen (secondary N) is 1. The van der Waals surface area contributed by atoms with Crippen LogP contribution in [0.5, 0.6) is 0 Å². The summed E-state index contributed by atoms with van der Waals surface area (Å²) in [6, 6.07) is 0.0754. The maximum absolute atomic E-state index is 12.4. The summed E-state index contributed by atoms with van der Waals surface area (Å²) in [5, 5.41) is 7.40. The van der Waals surface area contributed by atoms with E-state index in [1.165, 1.54) is 12.8 Å². The van der Waals surface area contributed by atoms with Crippen molar-refractivity contribution in [3.05, 3.63) is 0 Å². The second-order valence-electron chi connectivity index (χ2n) is 4.94. The number of amidine groups is 1. The Labute approximate surface area is 108 Å². The number of urea groups is 1. The van der Waals surface area contributed by atoms with Gasteiger partial charge in [-0.05, 0) is 12.8 Å². The predicted octanol–water partition coefficient (Wildman–Crippen LogP) is 0.619. The van der Waals surface area contributed by atoms with Crippen LogP contribution < -0.4 is 5.73 Å². The summed E-state index contributed by atoms with van der Waals surface area (Å²) in [5.74, 6) is 0.00312. The van der Waals surface area contributed by atoms with Crippen molar-refractivity contribution in [1.29, 1.82) is 5.41 Å². The molecule has 6 nitrogen and oxygen atoms in total. The molecule has 2 rings (SSSR count). The van der Waals surface area contributed by atoms with Gasteiger partial charge in [-0.25, -0.2) is 4.79 Å². The second-order valence-corrected chi connectivity index (χ2v) is 4.94. The van der Waals surface area contributed by atoms with Gasteiger partial charge in [0.15, 0.2) is 0 Å². The lowest BCUT2D eigenvalue weighted by Crippen LogP contribution is -2.54. The monoisotopic (exact) mass is 254 g/mol. The van der Waals surface area contributed by atoms with E-state index < -0.39 is 6.10 Å². The first kappa shape index (κ1) is 13.1. The lowest BCUT2D eigenvalue weighted by Gasteiger charge is -2.35. The van der Waals surface area contributed by atoms with Crippen molar-refractivity contribution in [3.63, 3.8) is 0 Å². The Morgan fingerprint density at radius 2 is 1.78 bits per heavy atom. The minimum Gasteiger partial charge on any atom is -0.385 e. The first-order valence-corrected chi connectivity index (χ1v) is 6.68. The van der Waals surface area contributed by atoms with Gasteiger partial charge in [0.05, 0.1) is 13.2 Å². The van der Waals surface area contributed by atoms with E-state index in [0.717, 1.165) is 25.9 Å². The molecule has 18 heavy (non-hydrogen) atoms. The molecule has 1 atom stereocenters. The molecule has 2 saturated heterocycles. The summed E-state index contributed by atoms with van der Waals surface area (Å²) < 4.78 is 5.37. The fraction of sp³-hybridized carbons (Fsp3) is 0.833. The zero-order valence-electron chi connectivity index (χ0n) is 10.7. The Morgan fingerprint density at radius 3 is 2.39 bits per heavy atom. The SMILES string of the molecule is N=C(N)C1CN(C(=O)N2CCCCCC2)CCO1. The highest BCUT2D eigenvalue weighted by Gasteiger charge is 2.29. The van der Waals surface area contributed by atoms with Crippen LogP contribution in [0.3, 0.4) is 0 Å². The van der Waals surface area contributed by atoms with E-state index in [1.54, 1.807) is 4.90 Å². The van der Waals surface area contributed by atoms with E-state index in [-0.39, 0.29) is 11.9 Å². The molecule has 102 valence electrons. The van der Waals surface area contributed by atoms with Crippen LogP contribution in [-0.4, -0.2) is 60.6 Å². The molecule has 2 aliphatic heterocycles. The van der Waals surface area contributed by atoms with Gasteiger partial charge in [-0.15, -0.1) is 0 Å². The lowest BCUT2D eigenvalue weighted by atomic mass is 10.2. The highest BCUT2D eigenvalue weighted by molar-refractivity contribution is 5.83. The number of hydrogen-bond donors (Lipinski definition) is 2. The van der Waals surface area contributed by atoms with Crippen LogP contribution in [0.1, 0.15) is 25.7 Å². The second kappa shape index (κ2) is 6.04. The lowest BCUT2D eigenvalue weighted by molar-refractivity contribution is 0.0139. The van der Waals surface area contributed by atoms with Gasteiger partial charge in [-0.2, -0.15) is 0 Å². The van der Waals surface area contributed by atoms with Crippen molar-refractivity contribution in [2.24, 2.45) is 5.73 Å². The summed E-state index contributed by atoms with van der Waals surface area (Å²) in [7, 11) is 0. The van der Waals surface area contributed by atoms with Crippen molar-refractivity contribution in [2.75, 3.05) is 32.8 Å². The maximum Gasteiger partial charge on any atom is 0.320 e. The molecular weight excluding hydrogens is 232 g/mol. The van der Waals surface area contributed by atoms with Gasteiger partial charge < -0.3 is 20.3 Å². The van der Waals surface area contributed by atoms with Crippen LogP contribution in [0.2, 0.25) is 0 Å². The number of morpholine rings is 1. The molecule has 0 saturated carbocycles. The minimum absolute atomic E-state index is 0.00312. The number of nitrogens with two attached hydrogens (primary N) is 1. The molecule has 1 unspecified atom stereocenters. The number of nitrogens with zero attached hydrogens (tertiary/aromatic N) is 2. The van der Waals surface area contributed by atoms with E-state index in [1.807, 2.05) is 4.90 Å². The molecule has 0 aromatic carbocycles. The molecule has 0 aromatic rings. The summed E-state index contributed by atoms with van der Waals surface area (Å²) in [4.78, 5) is 16.0. The zero-order chi connectivity index (χ0) is 13.0. The molecule has 2 heterocycles. The predicted molar refractivity (Wildman–Crippen MR) is 68.7 cm³/mol. The highest BCUT2D eigenvalue weighted by atomic mass is 16.5. The normalized spacial score (nSPS) is 25.7. The molecule has 0 aromatic heterocycles. The van der Waals surface area contributed by atoms with Crippen LogP contribution in [0.4, 0.5) is 4.79 Å². The third-order valence-corrected chi connectivity index (χ3v) is 3.56. The van der Waals surface area contributed by atoms with Crippen LogP contribution in [0.15, 0.2) is 0 Å². The average Bonchev–Trinajstić information content (AvgIpc) is 2.67. The van der Waals surface area contributed by atoms with Gasteiger partial charge in [-0.3, -0.25) is 5.41 Å². The molecule has 0 bridgehead atoms. The largest absolute Gasteiger partial charge is 0.385 e. The number of likely N-dealkylation sites (tertiary alicyclic amines) is 1. The Morgan fingerprint density at radius 1 is 1.11 bits per heavy atom. The number of ether oxygens (including phenoxy) is 1. The number of rotatable bonds is 1. The standard InChI is InChI=1S/C12H22N4O2/c13-11(14)10-9-16(7-8-18-10)12(17)15-5-3-1-2-4-6-15/h10H,1-9H2,(H3,13,14). The van der Waals surface area contributed by atoms with Crippen molar-refractivity contribution in [3.8, 4) is 0 Å². The zero-order valence-corrected chi connectivity index (χ0v) is 10.7. The van der Waals surface area contributed by atoms with Gasteiger partial charge in [0.25, 0.3) is 0 Å². The average molecular weight is 254 g/mol. The van der Waals surface area contributed by atoms with Crippen molar-refractivity contribution in [2.45, 2.75) is 31.8 Å². The van der Waals surface area contributed by atoms with Crippen LogP contribution in [-0.2, 0) is 4.74 Å². The summed E-state index contributed by atoms with van der Waals surface area (Å²) >= 11 is 0. The van der Waals surface area contributed by atoms with Gasteiger partial charge in [0.2, 0.25) is 0 Å². The van der Waals surface area contributed by atoms with E-state index in [0.29, 0.717) is 19.7 Å². The molecule has 0 spiro atoms. The Kier molecular flexibility index (Phi) is 4.41. The van der Waals surface area contributed by atoms with E-state index in [4.69, 9.17) is 15.9 Å². The summed E-state index contributed by atoms with van der Waals surface area (Å²) in [6.45, 7) is 3.16. The first-order chi connectivity index (χ1) is 8.68. The molecule has 2 fully saturated rings. The Bertz CT molecular complexity index is 313. The highest BCUT2D eigenvalue weighted by Crippen LogP contribution is 2.14. The molecule has 3 N–H and O–H groups in total. The maximum atomic E-state index is 12.4. The van der Waals surface area contributed by atoms with Gasteiger partial charge in [0.1, 0.15) is 11.9 Å². The van der Waals surface area contributed by atoms with Gasteiger partial charge >= 0.3 is 6.03 Å². The van der Waals surface area contributed by atoms with E-state index in [2.05, 4.69) is 0 Å². The molecule has 2 aliphatic rings. The molecule has 2 amide bonds. The third-order valence-electron chi connectivity index (χ3n) is 3.56. The Balaban J connectivity index is 1.92. The van der Waals surface area contributed by atoms with E-state index >= 15 is 0 Å².